The summed E-state index contributed by atoms with van der Waals surface area (Å²) in [7, 11) is -7.72. The topological polar surface area (TPSA) is 119 Å². The van der Waals surface area contributed by atoms with Crippen molar-refractivity contribution >= 4 is 37.4 Å². The molecule has 0 aliphatic rings. The quantitative estimate of drug-likeness (QED) is 0.439. The van der Waals surface area contributed by atoms with Crippen LogP contribution in [0.25, 0.3) is 0 Å². The predicted octanol–water partition coefficient (Wildman–Crippen LogP) is 4.40. The Morgan fingerprint density at radius 3 is 2.00 bits per heavy atom. The SMILES string of the molecule is COC(=O)c1ccc(NS(=O)(=O)c2cccc(C(F)(F)F)c2)c(NS(=O)(=O)c2ccc(C)cc2)c1. The van der Waals surface area contributed by atoms with Crippen LogP contribution >= 0.6 is 0 Å². The minimum absolute atomic E-state index is 0.101. The van der Waals surface area contributed by atoms with Gasteiger partial charge in [-0.15, -0.1) is 0 Å². The molecule has 3 aromatic carbocycles. The lowest BCUT2D eigenvalue weighted by molar-refractivity contribution is -0.137. The zero-order chi connectivity index (χ0) is 26.0. The second-order valence-corrected chi connectivity index (χ2v) is 10.7. The number of sulfonamides is 2. The van der Waals surface area contributed by atoms with Crippen LogP contribution in [0.2, 0.25) is 0 Å². The summed E-state index contributed by atoms with van der Waals surface area (Å²) in [4.78, 5) is 11.1. The summed E-state index contributed by atoms with van der Waals surface area (Å²) < 4.78 is 99.4. The predicted molar refractivity (Wildman–Crippen MR) is 122 cm³/mol. The highest BCUT2D eigenvalue weighted by atomic mass is 32.2. The monoisotopic (exact) mass is 528 g/mol. The van der Waals surface area contributed by atoms with E-state index in [-0.39, 0.29) is 21.8 Å². The van der Waals surface area contributed by atoms with Gasteiger partial charge in [0.2, 0.25) is 0 Å². The number of halogens is 3. The van der Waals surface area contributed by atoms with Gasteiger partial charge in [0.15, 0.2) is 0 Å². The second-order valence-electron chi connectivity index (χ2n) is 7.30. The first kappa shape index (κ1) is 26.0. The van der Waals surface area contributed by atoms with Crippen molar-refractivity contribution < 1.29 is 39.5 Å². The Labute approximate surface area is 199 Å². The number of esters is 1. The number of hydrogen-bond donors (Lipinski definition) is 2. The van der Waals surface area contributed by atoms with E-state index in [1.807, 2.05) is 0 Å². The normalized spacial score (nSPS) is 12.1. The first-order valence-electron chi connectivity index (χ1n) is 9.75. The Morgan fingerprint density at radius 1 is 0.800 bits per heavy atom. The molecular weight excluding hydrogens is 509 g/mol. The number of benzene rings is 3. The molecule has 0 bridgehead atoms. The Kier molecular flexibility index (Phi) is 7.13. The van der Waals surface area contributed by atoms with Gasteiger partial charge in [0, 0.05) is 0 Å². The van der Waals surface area contributed by atoms with E-state index in [9.17, 15) is 34.8 Å². The molecule has 0 spiro atoms. The molecule has 0 saturated carbocycles. The van der Waals surface area contributed by atoms with Gasteiger partial charge in [-0.25, -0.2) is 21.6 Å². The zero-order valence-electron chi connectivity index (χ0n) is 18.3. The van der Waals surface area contributed by atoms with Gasteiger partial charge in [-0.05, 0) is 55.5 Å². The average Bonchev–Trinajstić information content (AvgIpc) is 2.79. The summed E-state index contributed by atoms with van der Waals surface area (Å²) in [6.45, 7) is 1.75. The van der Waals surface area contributed by atoms with Gasteiger partial charge < -0.3 is 4.74 Å². The fourth-order valence-corrected chi connectivity index (χ4v) is 5.12. The van der Waals surface area contributed by atoms with Crippen molar-refractivity contribution in [3.05, 3.63) is 83.4 Å². The van der Waals surface area contributed by atoms with Crippen LogP contribution < -0.4 is 9.44 Å². The third-order valence-corrected chi connectivity index (χ3v) is 7.48. The van der Waals surface area contributed by atoms with Gasteiger partial charge >= 0.3 is 12.1 Å². The standard InChI is InChI=1S/C22H19F3N2O6S2/c1-14-6-9-17(10-7-14)34(29,30)27-20-12-15(21(28)33-2)8-11-19(20)26-35(31,32)18-5-3-4-16(13-18)22(23,24)25/h3-13,26-27H,1-2H3. The van der Waals surface area contributed by atoms with Crippen molar-refractivity contribution in [1.29, 1.82) is 0 Å². The molecule has 13 heteroatoms. The maximum Gasteiger partial charge on any atom is 0.416 e. The minimum Gasteiger partial charge on any atom is -0.465 e. The summed E-state index contributed by atoms with van der Waals surface area (Å²) in [5, 5.41) is 0. The van der Waals surface area contributed by atoms with Crippen molar-refractivity contribution in [3.8, 4) is 0 Å². The maximum absolute atomic E-state index is 13.0. The number of carbonyl (C=O) groups is 1. The second kappa shape index (κ2) is 9.58. The highest BCUT2D eigenvalue weighted by Gasteiger charge is 2.32. The molecule has 0 fully saturated rings. The minimum atomic E-state index is -4.78. The zero-order valence-corrected chi connectivity index (χ0v) is 19.9. The lowest BCUT2D eigenvalue weighted by Gasteiger charge is -2.16. The number of hydrogen-bond acceptors (Lipinski definition) is 6. The fourth-order valence-electron chi connectivity index (χ4n) is 2.93. The lowest BCUT2D eigenvalue weighted by atomic mass is 10.2. The largest absolute Gasteiger partial charge is 0.465 e. The number of ether oxygens (including phenoxy) is 1. The molecule has 0 aromatic heterocycles. The van der Waals surface area contributed by atoms with Gasteiger partial charge in [0.05, 0.1) is 39.4 Å². The van der Waals surface area contributed by atoms with Crippen LogP contribution in [-0.4, -0.2) is 29.9 Å². The summed E-state index contributed by atoms with van der Waals surface area (Å²) in [5.41, 5.74) is -1.15. The molecule has 0 atom stereocenters. The molecular formula is C22H19F3N2O6S2. The van der Waals surface area contributed by atoms with E-state index >= 15 is 0 Å². The molecule has 0 aliphatic carbocycles. The molecule has 3 aromatic rings. The van der Waals surface area contributed by atoms with Crippen LogP contribution in [-0.2, 0) is 31.0 Å². The van der Waals surface area contributed by atoms with E-state index in [0.29, 0.717) is 12.1 Å². The van der Waals surface area contributed by atoms with Gasteiger partial charge in [-0.1, -0.05) is 23.8 Å². The Bertz CT molecular complexity index is 1470. The molecule has 0 saturated heterocycles. The molecule has 8 nitrogen and oxygen atoms in total. The van der Waals surface area contributed by atoms with Crippen molar-refractivity contribution in [1.82, 2.24) is 0 Å². The molecule has 0 unspecified atom stereocenters. The first-order valence-corrected chi connectivity index (χ1v) is 12.7. The van der Waals surface area contributed by atoms with Crippen molar-refractivity contribution in [3.63, 3.8) is 0 Å². The lowest BCUT2D eigenvalue weighted by Crippen LogP contribution is -2.19. The number of nitrogens with one attached hydrogen (secondary N) is 2. The number of aryl methyl sites for hydroxylation is 1. The fraction of sp³-hybridized carbons (Fsp3) is 0.136. The number of carbonyl (C=O) groups excluding carboxylic acids is 1. The third-order valence-electron chi connectivity index (χ3n) is 4.73. The molecule has 2 N–H and O–H groups in total. The number of rotatable bonds is 7. The van der Waals surface area contributed by atoms with E-state index in [2.05, 4.69) is 14.2 Å². The van der Waals surface area contributed by atoms with Crippen LogP contribution in [0.15, 0.2) is 76.5 Å². The van der Waals surface area contributed by atoms with Crippen molar-refractivity contribution in [2.75, 3.05) is 16.6 Å². The third kappa shape index (κ3) is 6.11. The molecule has 0 amide bonds. The van der Waals surface area contributed by atoms with Crippen molar-refractivity contribution in [2.45, 2.75) is 22.9 Å². The highest BCUT2D eigenvalue weighted by Crippen LogP contribution is 2.32. The van der Waals surface area contributed by atoms with Crippen LogP contribution in [0.5, 0.6) is 0 Å². The first-order chi connectivity index (χ1) is 16.2. The van der Waals surface area contributed by atoms with Crippen LogP contribution in [0.1, 0.15) is 21.5 Å². The van der Waals surface area contributed by atoms with Crippen molar-refractivity contribution in [2.24, 2.45) is 0 Å². The molecule has 35 heavy (non-hydrogen) atoms. The smallest absolute Gasteiger partial charge is 0.416 e. The van der Waals surface area contributed by atoms with Gasteiger partial charge in [0.1, 0.15) is 0 Å². The van der Waals surface area contributed by atoms with E-state index in [1.54, 1.807) is 19.1 Å². The van der Waals surface area contributed by atoms with Gasteiger partial charge in [0.25, 0.3) is 20.0 Å². The van der Waals surface area contributed by atoms with Gasteiger partial charge in [-0.2, -0.15) is 13.2 Å². The summed E-state index contributed by atoms with van der Waals surface area (Å²) in [6, 6.07) is 12.1. The average molecular weight is 529 g/mol. The molecule has 0 heterocycles. The maximum atomic E-state index is 13.0. The molecule has 3 rings (SSSR count). The molecule has 186 valence electrons. The van der Waals surface area contributed by atoms with E-state index in [4.69, 9.17) is 0 Å². The summed E-state index contributed by atoms with van der Waals surface area (Å²) in [6.07, 6.45) is -4.78. The molecule has 0 radical (unpaired) electrons. The van der Waals surface area contributed by atoms with Gasteiger partial charge in [-0.3, -0.25) is 9.44 Å². The Balaban J connectivity index is 2.05. The summed E-state index contributed by atoms with van der Waals surface area (Å²) >= 11 is 0. The van der Waals surface area contributed by atoms with E-state index < -0.39 is 42.7 Å². The summed E-state index contributed by atoms with van der Waals surface area (Å²) in [5.74, 6) is -0.826. The number of methoxy groups -OCH3 is 1. The van der Waals surface area contributed by atoms with E-state index in [1.165, 1.54) is 18.2 Å². The van der Waals surface area contributed by atoms with Crippen LogP contribution in [0.3, 0.4) is 0 Å². The highest BCUT2D eigenvalue weighted by molar-refractivity contribution is 7.93. The van der Waals surface area contributed by atoms with Crippen LogP contribution in [0.4, 0.5) is 24.5 Å². The number of anilines is 2. The molecule has 0 aliphatic heterocycles. The Hall–Kier alpha value is -3.58. The number of alkyl halides is 3. The Morgan fingerprint density at radius 2 is 1.40 bits per heavy atom. The van der Waals surface area contributed by atoms with Crippen LogP contribution in [0, 0.1) is 6.92 Å². The van der Waals surface area contributed by atoms with E-state index in [0.717, 1.165) is 36.9 Å².